The van der Waals surface area contributed by atoms with Crippen LogP contribution in [0.1, 0.15) is 89.3 Å². The molecule has 3 aliphatic carbocycles. The number of nitrogens with one attached hydrogen (secondary N) is 2. The number of amides is 2. The molecular formula is C39H51N5O6S2. The summed E-state index contributed by atoms with van der Waals surface area (Å²) in [6, 6.07) is 5.92. The van der Waals surface area contributed by atoms with Gasteiger partial charge in [-0.05, 0) is 88.3 Å². The topological polar surface area (TPSA) is 140 Å². The van der Waals surface area contributed by atoms with Gasteiger partial charge in [0, 0.05) is 47.8 Å². The van der Waals surface area contributed by atoms with E-state index in [0.717, 1.165) is 64.3 Å². The van der Waals surface area contributed by atoms with Gasteiger partial charge in [0.1, 0.15) is 27.7 Å². The van der Waals surface area contributed by atoms with Crippen LogP contribution in [0.3, 0.4) is 0 Å². The van der Waals surface area contributed by atoms with Crippen molar-refractivity contribution in [3.05, 3.63) is 47.0 Å². The Balaban J connectivity index is 1.19. The lowest BCUT2D eigenvalue weighted by Crippen LogP contribution is -2.52. The van der Waals surface area contributed by atoms with Crippen LogP contribution in [0.5, 0.6) is 11.5 Å². The maximum atomic E-state index is 14.1. The fourth-order valence-corrected chi connectivity index (χ4v) is 10.2. The minimum Gasteiger partial charge on any atom is -0.496 e. The van der Waals surface area contributed by atoms with E-state index >= 15 is 0 Å². The van der Waals surface area contributed by atoms with E-state index < -0.39 is 26.7 Å². The number of nitrogens with zero attached hydrogens (tertiary/aromatic N) is 3. The molecule has 280 valence electrons. The van der Waals surface area contributed by atoms with Gasteiger partial charge in [-0.25, -0.2) is 18.4 Å². The highest BCUT2D eigenvalue weighted by Gasteiger charge is 2.60. The predicted molar refractivity (Wildman–Crippen MR) is 203 cm³/mol. The molecule has 0 saturated heterocycles. The molecule has 2 N–H and O–H groups in total. The highest BCUT2D eigenvalue weighted by Crippen LogP contribution is 2.47. The van der Waals surface area contributed by atoms with Crippen LogP contribution in [0.2, 0.25) is 0 Å². The molecule has 3 fully saturated rings. The van der Waals surface area contributed by atoms with Crippen molar-refractivity contribution in [2.24, 2.45) is 17.8 Å². The second kappa shape index (κ2) is 14.7. The van der Waals surface area contributed by atoms with Crippen LogP contribution in [0.25, 0.3) is 21.6 Å². The van der Waals surface area contributed by atoms with Crippen LogP contribution in [0, 0.1) is 17.8 Å². The first-order chi connectivity index (χ1) is 24.9. The van der Waals surface area contributed by atoms with Crippen molar-refractivity contribution >= 4 is 44.1 Å². The fraction of sp³-hybridized carbons (Fsp3) is 0.590. The van der Waals surface area contributed by atoms with E-state index in [1.54, 1.807) is 18.4 Å². The number of hydrogen-bond donors (Lipinski definition) is 2. The highest BCUT2D eigenvalue weighted by molar-refractivity contribution is 7.91. The largest absolute Gasteiger partial charge is 0.496 e. The van der Waals surface area contributed by atoms with E-state index in [9.17, 15) is 18.0 Å². The normalized spacial score (nSPS) is 27.5. The SMILES string of the molecule is CCc1c(OC)ccc2c(O[C@@H]3C[C@H]4CN[C@]5(C(=O)NS(=O)(=O)C6CC6)C[C@H]5/C=C\CCCCN(C)C(=O)[C@@H]4C3)cc(-c3nc(C(C)C)cs3)nc12. The molecule has 13 heteroatoms. The Morgan fingerprint density at radius 1 is 1.17 bits per heavy atom. The lowest BCUT2D eigenvalue weighted by Gasteiger charge is -2.27. The summed E-state index contributed by atoms with van der Waals surface area (Å²) in [5.74, 6) is 0.789. The molecule has 1 aromatic carbocycles. The number of allylic oxidation sites excluding steroid dienone is 1. The predicted octanol–water partition coefficient (Wildman–Crippen LogP) is 5.98. The third-order valence-electron chi connectivity index (χ3n) is 11.3. The van der Waals surface area contributed by atoms with Crippen molar-refractivity contribution in [1.29, 1.82) is 0 Å². The van der Waals surface area contributed by atoms with Crippen molar-refractivity contribution in [1.82, 2.24) is 24.9 Å². The van der Waals surface area contributed by atoms with E-state index in [4.69, 9.17) is 19.4 Å². The molecule has 0 unspecified atom stereocenters. The summed E-state index contributed by atoms with van der Waals surface area (Å²) in [5.41, 5.74) is 2.54. The van der Waals surface area contributed by atoms with Gasteiger partial charge in [0.05, 0.1) is 29.7 Å². The lowest BCUT2D eigenvalue weighted by atomic mass is 9.93. The lowest BCUT2D eigenvalue weighted by molar-refractivity contribution is -0.135. The molecule has 2 amide bonds. The summed E-state index contributed by atoms with van der Waals surface area (Å²) in [7, 11) is -0.157. The quantitative estimate of drug-likeness (QED) is 0.253. The standard InChI is InChI=1S/C39H51N5O6S2/c1-6-28-33(49-5)15-14-29-34(19-31(41-35(28)29)36-42-32(22-51-36)23(2)3)50-26-17-24-21-40-39(38(46)43-52(47,48)27-12-13-27)20-25(39)11-9-7-8-10-16-44(4)37(45)30(24)18-26/h9,11,14-15,19,22-27,30,40H,6-8,10,12-13,16-18,20-21H2,1-5H3,(H,43,46)/b11-9-/t24-,25+,26+,30+,39+/m0/s1. The van der Waals surface area contributed by atoms with E-state index in [1.165, 1.54) is 0 Å². The summed E-state index contributed by atoms with van der Waals surface area (Å²) in [6.45, 7) is 7.40. The minimum atomic E-state index is -3.70. The van der Waals surface area contributed by atoms with Gasteiger partial charge in [-0.15, -0.1) is 11.3 Å². The van der Waals surface area contributed by atoms with E-state index in [2.05, 4.69) is 48.3 Å². The number of benzene rings is 1. The van der Waals surface area contributed by atoms with Crippen LogP contribution in [0.15, 0.2) is 35.7 Å². The Bertz CT molecular complexity index is 1970. The first kappa shape index (κ1) is 36.8. The minimum absolute atomic E-state index is 0.0787. The third-order valence-corrected chi connectivity index (χ3v) is 14.0. The molecule has 3 saturated carbocycles. The molecule has 3 heterocycles. The van der Waals surface area contributed by atoms with Crippen molar-refractivity contribution in [2.75, 3.05) is 27.2 Å². The first-order valence-corrected chi connectivity index (χ1v) is 21.2. The molecule has 7 rings (SSSR count). The summed E-state index contributed by atoms with van der Waals surface area (Å²) in [6.07, 6.45) is 10.0. The molecule has 0 spiro atoms. The summed E-state index contributed by atoms with van der Waals surface area (Å²) >= 11 is 1.57. The van der Waals surface area contributed by atoms with Crippen molar-refractivity contribution in [3.63, 3.8) is 0 Å². The number of ether oxygens (including phenoxy) is 2. The second-order valence-corrected chi connectivity index (χ2v) is 18.2. The van der Waals surface area contributed by atoms with Gasteiger partial charge >= 0.3 is 0 Å². The summed E-state index contributed by atoms with van der Waals surface area (Å²) < 4.78 is 40.7. The average molecular weight is 750 g/mol. The summed E-state index contributed by atoms with van der Waals surface area (Å²) in [5, 5.41) is 6.80. The van der Waals surface area contributed by atoms with E-state index in [-0.39, 0.29) is 35.7 Å². The monoisotopic (exact) mass is 749 g/mol. The van der Waals surface area contributed by atoms with Crippen LogP contribution < -0.4 is 19.5 Å². The number of methoxy groups -OCH3 is 1. The van der Waals surface area contributed by atoms with Gasteiger partial charge in [-0.2, -0.15) is 0 Å². The molecule has 52 heavy (non-hydrogen) atoms. The number of aryl methyl sites for hydroxylation is 1. The Morgan fingerprint density at radius 3 is 2.69 bits per heavy atom. The van der Waals surface area contributed by atoms with Crippen LogP contribution in [-0.2, 0) is 26.0 Å². The number of carbonyl (C=O) groups is 2. The number of fused-ring (bicyclic) bond motifs is 3. The summed E-state index contributed by atoms with van der Waals surface area (Å²) in [4.78, 5) is 39.6. The van der Waals surface area contributed by atoms with E-state index in [0.29, 0.717) is 50.9 Å². The maximum absolute atomic E-state index is 14.1. The van der Waals surface area contributed by atoms with Crippen molar-refractivity contribution in [3.8, 4) is 22.2 Å². The maximum Gasteiger partial charge on any atom is 0.254 e. The third kappa shape index (κ3) is 7.33. The van der Waals surface area contributed by atoms with Gasteiger partial charge in [0.15, 0.2) is 0 Å². The van der Waals surface area contributed by atoms with Crippen LogP contribution in [-0.4, -0.2) is 79.2 Å². The molecule has 4 aliphatic rings. The number of sulfonamides is 1. The molecule has 1 aliphatic heterocycles. The zero-order valence-corrected chi connectivity index (χ0v) is 32.4. The number of rotatable bonds is 9. The zero-order chi connectivity index (χ0) is 36.8. The van der Waals surface area contributed by atoms with Gasteiger partial charge in [0.25, 0.3) is 5.91 Å². The second-order valence-electron chi connectivity index (χ2n) is 15.3. The Labute approximate surface area is 311 Å². The first-order valence-electron chi connectivity index (χ1n) is 18.8. The van der Waals surface area contributed by atoms with Gasteiger partial charge < -0.3 is 19.7 Å². The van der Waals surface area contributed by atoms with Crippen LogP contribution in [0.4, 0.5) is 0 Å². The molecule has 3 aromatic rings. The molecule has 2 aromatic heterocycles. The average Bonchev–Trinajstić information content (AvgIpc) is 4.01. The molecular weight excluding hydrogens is 699 g/mol. The number of carbonyl (C=O) groups excluding carboxylic acids is 2. The van der Waals surface area contributed by atoms with Crippen molar-refractivity contribution in [2.45, 2.75) is 101 Å². The Kier molecular flexibility index (Phi) is 10.4. The number of thiazole rings is 1. The molecule has 0 bridgehead atoms. The van der Waals surface area contributed by atoms with Crippen LogP contribution >= 0.6 is 11.3 Å². The van der Waals surface area contributed by atoms with Gasteiger partial charge in [-0.1, -0.05) is 32.9 Å². The smallest absolute Gasteiger partial charge is 0.254 e. The number of aromatic nitrogens is 2. The Hall–Kier alpha value is -3.55. The van der Waals surface area contributed by atoms with Crippen molar-refractivity contribution < 1.29 is 27.5 Å². The van der Waals surface area contributed by atoms with Gasteiger partial charge in [0.2, 0.25) is 15.9 Å². The number of hydrogen-bond acceptors (Lipinski definition) is 10. The fourth-order valence-electron chi connectivity index (χ4n) is 7.91. The molecule has 0 radical (unpaired) electrons. The Morgan fingerprint density at radius 2 is 1.98 bits per heavy atom. The zero-order valence-electron chi connectivity index (χ0n) is 30.8. The number of pyridine rings is 1. The highest BCUT2D eigenvalue weighted by atomic mass is 32.2. The molecule has 5 atom stereocenters. The molecule has 11 nitrogen and oxygen atoms in total. The van der Waals surface area contributed by atoms with Gasteiger partial charge in [-0.3, -0.25) is 14.3 Å². The van der Waals surface area contributed by atoms with E-state index in [1.807, 2.05) is 30.1 Å².